The van der Waals surface area contributed by atoms with Gasteiger partial charge >= 0.3 is 0 Å². The van der Waals surface area contributed by atoms with E-state index in [-0.39, 0.29) is 7.43 Å². The van der Waals surface area contributed by atoms with Crippen LogP contribution in [0.4, 0.5) is 0 Å². The molecule has 1 heterocycles. The SMILES string of the molecule is C.CCC.c1cnccn1. The Bertz CT molecular complexity index is 90.1. The molecule has 2 heteroatoms. The molecule has 0 fully saturated rings. The Morgan fingerprint density at radius 3 is 1.20 bits per heavy atom. The van der Waals surface area contributed by atoms with Crippen molar-refractivity contribution < 1.29 is 0 Å². The second-order valence-electron chi connectivity index (χ2n) is 1.60. The van der Waals surface area contributed by atoms with Crippen molar-refractivity contribution in [3.05, 3.63) is 24.8 Å². The topological polar surface area (TPSA) is 25.8 Å². The predicted octanol–water partition coefficient (Wildman–Crippen LogP) is 2.53. The summed E-state index contributed by atoms with van der Waals surface area (Å²) in [5.74, 6) is 0. The van der Waals surface area contributed by atoms with E-state index in [4.69, 9.17) is 0 Å². The van der Waals surface area contributed by atoms with Gasteiger partial charge in [-0.2, -0.15) is 0 Å². The third-order valence-electron chi connectivity index (χ3n) is 0.478. The van der Waals surface area contributed by atoms with Crippen LogP contribution in [-0.4, -0.2) is 9.97 Å². The molecule has 0 spiro atoms. The van der Waals surface area contributed by atoms with E-state index in [1.54, 1.807) is 24.8 Å². The highest BCUT2D eigenvalue weighted by Gasteiger charge is 1.59. The van der Waals surface area contributed by atoms with E-state index in [2.05, 4.69) is 23.8 Å². The third kappa shape index (κ3) is 10.1. The Balaban J connectivity index is 0. The number of hydrogen-bond acceptors (Lipinski definition) is 2. The molecule has 2 nitrogen and oxygen atoms in total. The molecule has 0 aromatic carbocycles. The van der Waals surface area contributed by atoms with Crippen molar-refractivity contribution in [2.75, 3.05) is 0 Å². The molecule has 0 amide bonds. The van der Waals surface area contributed by atoms with Crippen LogP contribution in [0.2, 0.25) is 0 Å². The molecule has 1 rings (SSSR count). The molecule has 0 saturated heterocycles. The monoisotopic (exact) mass is 140 g/mol. The van der Waals surface area contributed by atoms with Gasteiger partial charge in [0.25, 0.3) is 0 Å². The molecule has 0 N–H and O–H groups in total. The van der Waals surface area contributed by atoms with Crippen molar-refractivity contribution in [3.8, 4) is 0 Å². The quantitative estimate of drug-likeness (QED) is 0.553. The lowest BCUT2D eigenvalue weighted by atomic mass is 10.6. The van der Waals surface area contributed by atoms with Gasteiger partial charge in [0.1, 0.15) is 0 Å². The number of hydrogen-bond donors (Lipinski definition) is 0. The zero-order valence-electron chi connectivity index (χ0n) is 5.91. The second kappa shape index (κ2) is 11.0. The van der Waals surface area contributed by atoms with E-state index < -0.39 is 0 Å². The van der Waals surface area contributed by atoms with Crippen LogP contribution in [0.1, 0.15) is 27.7 Å². The Morgan fingerprint density at radius 2 is 1.10 bits per heavy atom. The fourth-order valence-electron chi connectivity index (χ4n) is 0.253. The number of nitrogens with zero attached hydrogens (tertiary/aromatic N) is 2. The van der Waals surface area contributed by atoms with Gasteiger partial charge in [-0.25, -0.2) is 0 Å². The minimum absolute atomic E-state index is 0. The summed E-state index contributed by atoms with van der Waals surface area (Å²) in [5, 5.41) is 0. The zero-order valence-corrected chi connectivity index (χ0v) is 5.91. The molecule has 0 aliphatic heterocycles. The van der Waals surface area contributed by atoms with E-state index >= 15 is 0 Å². The summed E-state index contributed by atoms with van der Waals surface area (Å²) in [6.07, 6.45) is 7.81. The number of rotatable bonds is 0. The van der Waals surface area contributed by atoms with Crippen molar-refractivity contribution in [3.63, 3.8) is 0 Å². The smallest absolute Gasteiger partial charge is 0.0451 e. The van der Waals surface area contributed by atoms with Crippen molar-refractivity contribution in [1.29, 1.82) is 0 Å². The third-order valence-corrected chi connectivity index (χ3v) is 0.478. The molecule has 0 saturated carbocycles. The fourth-order valence-corrected chi connectivity index (χ4v) is 0.253. The molecular formula is C8H16N2. The normalized spacial score (nSPS) is 6.60. The molecule has 10 heavy (non-hydrogen) atoms. The number of aromatic nitrogens is 2. The Hall–Kier alpha value is -0.920. The molecule has 1 aromatic heterocycles. The van der Waals surface area contributed by atoms with Crippen LogP contribution >= 0.6 is 0 Å². The standard InChI is InChI=1S/C4H4N2.C3H8.CH4/c1-2-6-4-3-5-1;1-3-2;/h1-4H;3H2,1-2H3;1H4. The summed E-state index contributed by atoms with van der Waals surface area (Å²) >= 11 is 0. The Labute approximate surface area is 63.3 Å². The van der Waals surface area contributed by atoms with Gasteiger partial charge in [-0.15, -0.1) is 0 Å². The first-order valence-electron chi connectivity index (χ1n) is 3.11. The molecule has 0 bridgehead atoms. The summed E-state index contributed by atoms with van der Waals surface area (Å²) in [7, 11) is 0. The van der Waals surface area contributed by atoms with Crippen molar-refractivity contribution in [2.45, 2.75) is 27.7 Å². The molecule has 0 aliphatic rings. The first-order chi connectivity index (χ1) is 4.41. The summed E-state index contributed by atoms with van der Waals surface area (Å²) in [4.78, 5) is 7.44. The van der Waals surface area contributed by atoms with Gasteiger partial charge in [-0.3, -0.25) is 9.97 Å². The lowest BCUT2D eigenvalue weighted by molar-refractivity contribution is 1.09. The van der Waals surface area contributed by atoms with Gasteiger partial charge in [0.05, 0.1) is 0 Å². The first-order valence-corrected chi connectivity index (χ1v) is 3.11. The second-order valence-corrected chi connectivity index (χ2v) is 1.60. The summed E-state index contributed by atoms with van der Waals surface area (Å²) < 4.78 is 0. The first kappa shape index (κ1) is 11.8. The molecule has 0 radical (unpaired) electrons. The molecule has 0 aliphatic carbocycles. The molecule has 0 atom stereocenters. The lowest BCUT2D eigenvalue weighted by Gasteiger charge is -1.70. The van der Waals surface area contributed by atoms with Crippen molar-refractivity contribution >= 4 is 0 Å². The molecule has 58 valence electrons. The molecular weight excluding hydrogens is 124 g/mol. The lowest BCUT2D eigenvalue weighted by Crippen LogP contribution is -1.66. The molecule has 0 unspecified atom stereocenters. The minimum Gasteiger partial charge on any atom is -0.262 e. The minimum atomic E-state index is 0. The Morgan fingerprint density at radius 1 is 0.900 bits per heavy atom. The largest absolute Gasteiger partial charge is 0.262 e. The van der Waals surface area contributed by atoms with Crippen molar-refractivity contribution in [1.82, 2.24) is 9.97 Å². The van der Waals surface area contributed by atoms with Crippen LogP contribution in [0.3, 0.4) is 0 Å². The highest BCUT2D eigenvalue weighted by atomic mass is 14.7. The van der Waals surface area contributed by atoms with Gasteiger partial charge in [-0.1, -0.05) is 27.7 Å². The van der Waals surface area contributed by atoms with E-state index in [1.165, 1.54) is 6.42 Å². The maximum atomic E-state index is 3.72. The predicted molar refractivity (Wildman–Crippen MR) is 44.7 cm³/mol. The van der Waals surface area contributed by atoms with Gasteiger partial charge < -0.3 is 0 Å². The maximum Gasteiger partial charge on any atom is 0.0451 e. The highest BCUT2D eigenvalue weighted by molar-refractivity contribution is 4.70. The van der Waals surface area contributed by atoms with Gasteiger partial charge in [0.15, 0.2) is 0 Å². The zero-order chi connectivity index (χ0) is 6.95. The van der Waals surface area contributed by atoms with E-state index in [1.807, 2.05) is 0 Å². The van der Waals surface area contributed by atoms with Gasteiger partial charge in [0, 0.05) is 24.8 Å². The van der Waals surface area contributed by atoms with E-state index in [0.717, 1.165) is 0 Å². The van der Waals surface area contributed by atoms with E-state index in [9.17, 15) is 0 Å². The maximum absolute atomic E-state index is 3.72. The average Bonchev–Trinajstić information content (AvgIpc) is 1.93. The van der Waals surface area contributed by atoms with Crippen LogP contribution < -0.4 is 0 Å². The summed E-state index contributed by atoms with van der Waals surface area (Å²) in [5.41, 5.74) is 0. The van der Waals surface area contributed by atoms with Gasteiger partial charge in [-0.05, 0) is 0 Å². The average molecular weight is 140 g/mol. The van der Waals surface area contributed by atoms with Crippen LogP contribution in [0.5, 0.6) is 0 Å². The van der Waals surface area contributed by atoms with Crippen LogP contribution in [0, 0.1) is 0 Å². The summed E-state index contributed by atoms with van der Waals surface area (Å²) in [6.45, 7) is 4.25. The van der Waals surface area contributed by atoms with E-state index in [0.29, 0.717) is 0 Å². The summed E-state index contributed by atoms with van der Waals surface area (Å²) in [6, 6.07) is 0. The highest BCUT2D eigenvalue weighted by Crippen LogP contribution is 1.65. The van der Waals surface area contributed by atoms with Crippen LogP contribution in [-0.2, 0) is 0 Å². The van der Waals surface area contributed by atoms with Gasteiger partial charge in [0.2, 0.25) is 0 Å². The van der Waals surface area contributed by atoms with Crippen molar-refractivity contribution in [2.24, 2.45) is 0 Å². The fraction of sp³-hybridized carbons (Fsp3) is 0.500. The van der Waals surface area contributed by atoms with Crippen LogP contribution in [0.15, 0.2) is 24.8 Å². The Kier molecular flexibility index (Phi) is 13.0. The molecule has 1 aromatic rings. The van der Waals surface area contributed by atoms with Crippen LogP contribution in [0.25, 0.3) is 0 Å².